The van der Waals surface area contributed by atoms with Crippen LogP contribution in [0.3, 0.4) is 0 Å². The fraction of sp³-hybridized carbons (Fsp3) is 0.447. The summed E-state index contributed by atoms with van der Waals surface area (Å²) in [4.78, 5) is 66.2. The van der Waals surface area contributed by atoms with Crippen LogP contribution < -0.4 is 16.0 Å². The van der Waals surface area contributed by atoms with Gasteiger partial charge in [0.1, 0.15) is 17.7 Å². The molecule has 62 heavy (non-hydrogen) atoms. The van der Waals surface area contributed by atoms with Crippen molar-refractivity contribution in [1.82, 2.24) is 30.0 Å². The quantitative estimate of drug-likeness (QED) is 0.146. The number of piperidine rings is 2. The molecule has 3 atom stereocenters. The first-order valence-electron chi connectivity index (χ1n) is 21.8. The Hall–Kier alpha value is -5.47. The van der Waals surface area contributed by atoms with Crippen LogP contribution in [-0.4, -0.2) is 106 Å². The summed E-state index contributed by atoms with van der Waals surface area (Å²) in [6, 6.07) is 18.6. The molecule has 3 N–H and O–H groups in total. The number of anilines is 2. The summed E-state index contributed by atoms with van der Waals surface area (Å²) in [6.07, 6.45) is 7.92. The number of carbonyl (C=O) groups excluding carboxylic acids is 4. The van der Waals surface area contributed by atoms with Crippen molar-refractivity contribution in [1.29, 1.82) is 0 Å². The van der Waals surface area contributed by atoms with E-state index in [0.29, 0.717) is 86.6 Å². The molecule has 0 bridgehead atoms. The van der Waals surface area contributed by atoms with E-state index in [2.05, 4.69) is 25.8 Å². The van der Waals surface area contributed by atoms with Gasteiger partial charge in [0, 0.05) is 61.2 Å². The number of hydrogen-bond acceptors (Lipinski definition) is 9. The second-order valence-electron chi connectivity index (χ2n) is 17.9. The Labute approximate surface area is 364 Å². The molecule has 1 aliphatic carbocycles. The number of rotatable bonds is 10. The van der Waals surface area contributed by atoms with Crippen molar-refractivity contribution in [3.05, 3.63) is 95.1 Å². The molecule has 324 valence electrons. The Morgan fingerprint density at radius 2 is 1.63 bits per heavy atom. The number of carbonyl (C=O) groups is 4. The molecule has 9 rings (SSSR count). The molecule has 4 aromatic rings. The van der Waals surface area contributed by atoms with Crippen LogP contribution in [0, 0.1) is 23.0 Å². The molecule has 0 radical (unpaired) electrons. The minimum Gasteiger partial charge on any atom is -0.374 e. The van der Waals surface area contributed by atoms with Crippen molar-refractivity contribution in [3.63, 3.8) is 0 Å². The largest absolute Gasteiger partial charge is 0.374 e. The van der Waals surface area contributed by atoms with Crippen molar-refractivity contribution in [2.24, 2.45) is 11.3 Å². The molecule has 15 heteroatoms. The highest BCUT2D eigenvalue weighted by molar-refractivity contribution is 6.33. The average molecular weight is 865 g/mol. The van der Waals surface area contributed by atoms with Gasteiger partial charge >= 0.3 is 0 Å². The number of benzene rings is 3. The Balaban J connectivity index is 0.723. The highest BCUT2D eigenvalue weighted by atomic mass is 35.5. The molecule has 1 spiro atoms. The molecule has 5 heterocycles. The van der Waals surface area contributed by atoms with Crippen LogP contribution in [0.25, 0.3) is 22.4 Å². The molecule has 5 aliphatic rings. The van der Waals surface area contributed by atoms with Gasteiger partial charge < -0.3 is 20.4 Å². The third-order valence-electron chi connectivity index (χ3n) is 13.5. The van der Waals surface area contributed by atoms with Crippen molar-refractivity contribution < 1.29 is 28.0 Å². The summed E-state index contributed by atoms with van der Waals surface area (Å²) in [5, 5.41) is 9.26. The Bertz CT molecular complexity index is 2350. The van der Waals surface area contributed by atoms with Crippen molar-refractivity contribution in [3.8, 4) is 22.4 Å². The van der Waals surface area contributed by atoms with Crippen LogP contribution in [0.5, 0.6) is 0 Å². The molecular weight excluding hydrogens is 814 g/mol. The van der Waals surface area contributed by atoms with Gasteiger partial charge in [-0.3, -0.25) is 29.4 Å². The van der Waals surface area contributed by atoms with Crippen LogP contribution in [0.2, 0.25) is 5.02 Å². The lowest BCUT2D eigenvalue weighted by atomic mass is 9.77. The summed E-state index contributed by atoms with van der Waals surface area (Å²) < 4.78 is 28.8. The highest BCUT2D eigenvalue weighted by Gasteiger charge is 2.51. The van der Waals surface area contributed by atoms with E-state index in [1.54, 1.807) is 30.5 Å². The van der Waals surface area contributed by atoms with Gasteiger partial charge in [-0.1, -0.05) is 54.4 Å². The summed E-state index contributed by atoms with van der Waals surface area (Å²) in [7, 11) is 0. The zero-order valence-corrected chi connectivity index (χ0v) is 35.3. The SMILES string of the molecule is O=C1CCC(Nc2ccc(C3CCN(CC(=O)N4CCC5(C4)CN(C(=O)[C@H]4CCC[C@@H](Nc6ncc(Cl)c(-c7cccc(-c8ccc(F)cc8)c7)n6)C4)C5)CC3)c(F)c2)C(=O)N1. The van der Waals surface area contributed by atoms with E-state index in [0.717, 1.165) is 55.2 Å². The molecule has 4 saturated heterocycles. The van der Waals surface area contributed by atoms with Gasteiger partial charge in [-0.25, -0.2) is 18.7 Å². The first-order valence-corrected chi connectivity index (χ1v) is 22.2. The Morgan fingerprint density at radius 3 is 2.40 bits per heavy atom. The monoisotopic (exact) mass is 864 g/mol. The molecule has 1 saturated carbocycles. The number of imide groups is 1. The van der Waals surface area contributed by atoms with Crippen LogP contribution in [-0.2, 0) is 19.2 Å². The summed E-state index contributed by atoms with van der Waals surface area (Å²) in [5.74, 6) is -0.612. The first kappa shape index (κ1) is 41.9. The van der Waals surface area contributed by atoms with E-state index in [1.807, 2.05) is 34.1 Å². The second kappa shape index (κ2) is 17.7. The maximum absolute atomic E-state index is 15.3. The number of likely N-dealkylation sites (tertiary alicyclic amines) is 3. The van der Waals surface area contributed by atoms with Gasteiger partial charge in [0.2, 0.25) is 29.6 Å². The maximum Gasteiger partial charge on any atom is 0.249 e. The Kier molecular flexibility index (Phi) is 12.0. The number of halogens is 3. The molecular formula is C47H51ClF2N8O4. The molecule has 3 aromatic carbocycles. The van der Waals surface area contributed by atoms with Gasteiger partial charge in [-0.05, 0) is 111 Å². The normalized spacial score (nSPS) is 22.9. The number of hydrogen-bond donors (Lipinski definition) is 3. The molecule has 4 amide bonds. The van der Waals surface area contributed by atoms with Gasteiger partial charge in [0.25, 0.3) is 0 Å². The number of nitrogens with one attached hydrogen (secondary N) is 3. The minimum atomic E-state index is -0.573. The number of aromatic nitrogens is 2. The zero-order chi connectivity index (χ0) is 43.0. The first-order chi connectivity index (χ1) is 30.0. The molecule has 4 aliphatic heterocycles. The summed E-state index contributed by atoms with van der Waals surface area (Å²) in [6.45, 7) is 4.42. The van der Waals surface area contributed by atoms with Crippen LogP contribution in [0.1, 0.15) is 69.3 Å². The minimum absolute atomic E-state index is 0.0333. The van der Waals surface area contributed by atoms with Gasteiger partial charge in [-0.15, -0.1) is 0 Å². The maximum atomic E-state index is 15.3. The molecule has 1 unspecified atom stereocenters. The lowest BCUT2D eigenvalue weighted by molar-refractivity contribution is -0.149. The van der Waals surface area contributed by atoms with Gasteiger partial charge in [0.15, 0.2) is 0 Å². The highest BCUT2D eigenvalue weighted by Crippen LogP contribution is 2.42. The van der Waals surface area contributed by atoms with Crippen molar-refractivity contribution in [2.45, 2.75) is 75.8 Å². The zero-order valence-electron chi connectivity index (χ0n) is 34.6. The van der Waals surface area contributed by atoms with E-state index in [9.17, 15) is 23.6 Å². The summed E-state index contributed by atoms with van der Waals surface area (Å²) in [5.41, 5.74) is 4.31. The standard InChI is InChI=1S/C47H51ClF2N8O4/c48-38-24-51-46(55-43(38)32-4-1-3-31(21-32)29-7-9-34(49)10-8-29)53-35-6-2-5-33(22-35)45(62)58-27-47(28-58)17-20-57(26-47)42(60)25-56-18-15-30(16-19-56)37-12-11-36(23-39(37)50)52-40-13-14-41(59)54-44(40)61/h1,3-4,7-12,21,23-24,30,33,35,40,52H,2,5-6,13-20,22,25-28H2,(H,51,53,55)(H,54,59,61)/t33-,35+,40?/m0/s1. The fourth-order valence-corrected chi connectivity index (χ4v) is 10.3. The number of amides is 4. The molecule has 5 fully saturated rings. The van der Waals surface area contributed by atoms with E-state index < -0.39 is 11.9 Å². The fourth-order valence-electron chi connectivity index (χ4n) is 10.1. The van der Waals surface area contributed by atoms with Crippen molar-refractivity contribution >= 4 is 46.9 Å². The lowest BCUT2D eigenvalue weighted by Crippen LogP contribution is -2.61. The Morgan fingerprint density at radius 1 is 0.855 bits per heavy atom. The smallest absolute Gasteiger partial charge is 0.249 e. The predicted octanol–water partition coefficient (Wildman–Crippen LogP) is 6.87. The summed E-state index contributed by atoms with van der Waals surface area (Å²) >= 11 is 6.59. The van der Waals surface area contributed by atoms with Crippen LogP contribution >= 0.6 is 11.6 Å². The van der Waals surface area contributed by atoms with Gasteiger partial charge in [0.05, 0.1) is 23.5 Å². The van der Waals surface area contributed by atoms with E-state index in [4.69, 9.17) is 16.6 Å². The molecule has 12 nitrogen and oxygen atoms in total. The van der Waals surface area contributed by atoms with Crippen molar-refractivity contribution in [2.75, 3.05) is 56.4 Å². The van der Waals surface area contributed by atoms with E-state index in [1.165, 1.54) is 18.2 Å². The lowest BCUT2D eigenvalue weighted by Gasteiger charge is -2.49. The van der Waals surface area contributed by atoms with E-state index in [-0.39, 0.29) is 59.1 Å². The van der Waals surface area contributed by atoms with Gasteiger partial charge in [-0.2, -0.15) is 0 Å². The van der Waals surface area contributed by atoms with E-state index >= 15 is 4.39 Å². The topological polar surface area (TPSA) is 140 Å². The van der Waals surface area contributed by atoms with Crippen LogP contribution in [0.15, 0.2) is 72.9 Å². The third kappa shape index (κ3) is 9.17. The third-order valence-corrected chi connectivity index (χ3v) is 13.8. The number of nitrogens with zero attached hydrogens (tertiary/aromatic N) is 5. The predicted molar refractivity (Wildman–Crippen MR) is 232 cm³/mol. The van der Waals surface area contributed by atoms with Crippen LogP contribution in [0.4, 0.5) is 20.4 Å². The average Bonchev–Trinajstić information content (AvgIpc) is 3.72. The molecule has 1 aromatic heterocycles. The second-order valence-corrected chi connectivity index (χ2v) is 18.3.